The van der Waals surface area contributed by atoms with Gasteiger partial charge in [-0.25, -0.2) is 4.68 Å². The first kappa shape index (κ1) is 17.7. The van der Waals surface area contributed by atoms with Crippen molar-refractivity contribution in [2.75, 3.05) is 13.1 Å². The third-order valence-corrected chi connectivity index (χ3v) is 4.56. The van der Waals surface area contributed by atoms with Crippen LogP contribution in [0.2, 0.25) is 0 Å². The lowest BCUT2D eigenvalue weighted by atomic mass is 10.1. The van der Waals surface area contributed by atoms with Crippen molar-refractivity contribution in [2.24, 2.45) is 0 Å². The van der Waals surface area contributed by atoms with Gasteiger partial charge in [0, 0.05) is 25.5 Å². The van der Waals surface area contributed by atoms with Gasteiger partial charge in [-0.15, -0.1) is 0 Å². The number of likely N-dealkylation sites (tertiary alicyclic amines) is 1. The van der Waals surface area contributed by atoms with Crippen molar-refractivity contribution in [1.82, 2.24) is 29.8 Å². The van der Waals surface area contributed by atoms with E-state index in [1.54, 1.807) is 34.7 Å². The van der Waals surface area contributed by atoms with Crippen molar-refractivity contribution in [3.05, 3.63) is 34.8 Å². The summed E-state index contributed by atoms with van der Waals surface area (Å²) in [4.78, 5) is 26.5. The van der Waals surface area contributed by atoms with E-state index in [-0.39, 0.29) is 17.5 Å². The van der Waals surface area contributed by atoms with Crippen LogP contribution in [0.25, 0.3) is 0 Å². The molecule has 1 saturated heterocycles. The van der Waals surface area contributed by atoms with E-state index in [1.807, 2.05) is 11.1 Å². The lowest BCUT2D eigenvalue weighted by Gasteiger charge is -2.29. The number of amides is 2. The molecule has 1 unspecified atom stereocenters. The van der Waals surface area contributed by atoms with Crippen molar-refractivity contribution < 1.29 is 9.59 Å². The van der Waals surface area contributed by atoms with Gasteiger partial charge in [0.2, 0.25) is 5.91 Å². The molecule has 1 N–H and O–H groups in total. The average molecular weight is 409 g/mol. The highest BCUT2D eigenvalue weighted by atomic mass is 79.9. The second-order valence-corrected chi connectivity index (χ2v) is 7.08. The Labute approximate surface area is 154 Å². The molecule has 0 aromatic carbocycles. The molecule has 1 atom stereocenters. The number of halogens is 1. The smallest absolute Gasteiger partial charge is 0.272 e. The molecule has 1 fully saturated rings. The number of carbonyl (C=O) groups excluding carboxylic acids is 2. The zero-order valence-electron chi connectivity index (χ0n) is 14.1. The Bertz CT molecular complexity index is 749. The number of rotatable bonds is 5. The van der Waals surface area contributed by atoms with E-state index >= 15 is 0 Å². The minimum atomic E-state index is -0.558. The highest BCUT2D eigenvalue weighted by Gasteiger charge is 2.24. The van der Waals surface area contributed by atoms with Crippen molar-refractivity contribution in [3.8, 4) is 0 Å². The fourth-order valence-electron chi connectivity index (χ4n) is 2.85. The summed E-state index contributed by atoms with van der Waals surface area (Å²) in [5.41, 5.74) is 0.282. The van der Waals surface area contributed by atoms with E-state index < -0.39 is 6.04 Å². The standard InChI is InChI=1S/C16H21BrN6O2/c1-12(16(25)21-6-3-2-4-7-21)19-15(24)14-5-8-22(20-14)11-23-10-13(17)9-18-23/h5,8-10,12H,2-4,6-7,11H2,1H3,(H,19,24). The molecule has 3 rings (SSSR count). The summed E-state index contributed by atoms with van der Waals surface area (Å²) in [6.07, 6.45) is 8.43. The summed E-state index contributed by atoms with van der Waals surface area (Å²) in [6, 6.07) is 1.07. The molecular formula is C16H21BrN6O2. The first-order valence-electron chi connectivity index (χ1n) is 8.34. The molecule has 0 bridgehead atoms. The Hall–Kier alpha value is -2.16. The SMILES string of the molecule is CC(NC(=O)c1ccn(Cn2cc(Br)cn2)n1)C(=O)N1CCCCC1. The molecule has 0 aliphatic carbocycles. The van der Waals surface area contributed by atoms with E-state index in [9.17, 15) is 9.59 Å². The van der Waals surface area contributed by atoms with E-state index in [0.717, 1.165) is 36.8 Å². The second kappa shape index (κ2) is 7.81. The molecule has 2 amide bonds. The fourth-order valence-corrected chi connectivity index (χ4v) is 3.17. The number of hydrogen-bond acceptors (Lipinski definition) is 4. The molecule has 25 heavy (non-hydrogen) atoms. The van der Waals surface area contributed by atoms with Gasteiger partial charge in [-0.05, 0) is 48.2 Å². The number of aromatic nitrogens is 4. The maximum Gasteiger partial charge on any atom is 0.272 e. The van der Waals surface area contributed by atoms with Crippen molar-refractivity contribution in [1.29, 1.82) is 0 Å². The maximum absolute atomic E-state index is 12.4. The van der Waals surface area contributed by atoms with E-state index in [4.69, 9.17) is 0 Å². The molecule has 8 nitrogen and oxygen atoms in total. The Morgan fingerprint density at radius 1 is 1.28 bits per heavy atom. The van der Waals surface area contributed by atoms with Crippen LogP contribution in [0.5, 0.6) is 0 Å². The minimum absolute atomic E-state index is 0.0335. The molecule has 134 valence electrons. The van der Waals surface area contributed by atoms with Crippen LogP contribution < -0.4 is 5.32 Å². The molecule has 1 aliphatic heterocycles. The summed E-state index contributed by atoms with van der Waals surface area (Å²) < 4.78 is 4.19. The molecule has 9 heteroatoms. The molecule has 3 heterocycles. The van der Waals surface area contributed by atoms with Gasteiger partial charge in [-0.3, -0.25) is 14.3 Å². The first-order chi connectivity index (χ1) is 12.0. The maximum atomic E-state index is 12.4. The first-order valence-corrected chi connectivity index (χ1v) is 9.13. The molecule has 2 aromatic rings. The third-order valence-electron chi connectivity index (χ3n) is 4.15. The van der Waals surface area contributed by atoms with Crippen LogP contribution in [-0.4, -0.2) is 55.4 Å². The summed E-state index contributed by atoms with van der Waals surface area (Å²) >= 11 is 3.33. The third kappa shape index (κ3) is 4.47. The zero-order chi connectivity index (χ0) is 17.8. The van der Waals surface area contributed by atoms with Crippen LogP contribution in [0, 0.1) is 0 Å². The van der Waals surface area contributed by atoms with E-state index in [1.165, 1.54) is 0 Å². The van der Waals surface area contributed by atoms with E-state index in [0.29, 0.717) is 6.67 Å². The van der Waals surface area contributed by atoms with Gasteiger partial charge in [0.05, 0.1) is 10.7 Å². The van der Waals surface area contributed by atoms with Crippen LogP contribution in [0.3, 0.4) is 0 Å². The predicted octanol–water partition coefficient (Wildman–Crippen LogP) is 1.48. The minimum Gasteiger partial charge on any atom is -0.341 e. The van der Waals surface area contributed by atoms with Gasteiger partial charge in [0.1, 0.15) is 18.4 Å². The largest absolute Gasteiger partial charge is 0.341 e. The van der Waals surface area contributed by atoms with Gasteiger partial charge in [0.15, 0.2) is 0 Å². The van der Waals surface area contributed by atoms with Crippen LogP contribution >= 0.6 is 15.9 Å². The van der Waals surface area contributed by atoms with Gasteiger partial charge >= 0.3 is 0 Å². The molecule has 1 aliphatic rings. The number of piperidine rings is 1. The number of carbonyl (C=O) groups is 2. The molecule has 0 saturated carbocycles. The van der Waals surface area contributed by atoms with Crippen molar-refractivity contribution in [3.63, 3.8) is 0 Å². The summed E-state index contributed by atoms with van der Waals surface area (Å²) in [7, 11) is 0. The zero-order valence-corrected chi connectivity index (χ0v) is 15.6. The predicted molar refractivity (Wildman–Crippen MR) is 94.9 cm³/mol. The Morgan fingerprint density at radius 3 is 2.72 bits per heavy atom. The number of hydrogen-bond donors (Lipinski definition) is 1. The quantitative estimate of drug-likeness (QED) is 0.811. The van der Waals surface area contributed by atoms with Crippen LogP contribution in [0.1, 0.15) is 36.7 Å². The fraction of sp³-hybridized carbons (Fsp3) is 0.500. The van der Waals surface area contributed by atoms with Crippen molar-refractivity contribution in [2.45, 2.75) is 38.9 Å². The molecular weight excluding hydrogens is 388 g/mol. The average Bonchev–Trinajstić information content (AvgIpc) is 3.24. The summed E-state index contributed by atoms with van der Waals surface area (Å²) in [5.74, 6) is -0.382. The van der Waals surface area contributed by atoms with Gasteiger partial charge in [0.25, 0.3) is 5.91 Å². The molecule has 0 spiro atoms. The molecule has 2 aromatic heterocycles. The normalized spacial score (nSPS) is 15.8. The number of nitrogens with zero attached hydrogens (tertiary/aromatic N) is 5. The second-order valence-electron chi connectivity index (χ2n) is 6.16. The lowest BCUT2D eigenvalue weighted by Crippen LogP contribution is -2.48. The summed E-state index contributed by atoms with van der Waals surface area (Å²) in [6.45, 7) is 3.66. The van der Waals surface area contributed by atoms with Gasteiger partial charge in [-0.1, -0.05) is 0 Å². The number of nitrogens with one attached hydrogen (secondary N) is 1. The Kier molecular flexibility index (Phi) is 5.52. The molecule has 0 radical (unpaired) electrons. The topological polar surface area (TPSA) is 85.0 Å². The Balaban J connectivity index is 1.56. The monoisotopic (exact) mass is 408 g/mol. The van der Waals surface area contributed by atoms with Gasteiger partial charge in [-0.2, -0.15) is 10.2 Å². The highest BCUT2D eigenvalue weighted by Crippen LogP contribution is 2.10. The highest BCUT2D eigenvalue weighted by molar-refractivity contribution is 9.10. The van der Waals surface area contributed by atoms with Crippen LogP contribution in [-0.2, 0) is 11.5 Å². The Morgan fingerprint density at radius 2 is 2.04 bits per heavy atom. The van der Waals surface area contributed by atoms with E-state index in [2.05, 4.69) is 31.4 Å². The van der Waals surface area contributed by atoms with Gasteiger partial charge < -0.3 is 10.2 Å². The van der Waals surface area contributed by atoms with Crippen LogP contribution in [0.4, 0.5) is 0 Å². The lowest BCUT2D eigenvalue weighted by molar-refractivity contribution is -0.133. The summed E-state index contributed by atoms with van der Waals surface area (Å²) in [5, 5.41) is 11.1. The van der Waals surface area contributed by atoms with Crippen molar-refractivity contribution >= 4 is 27.7 Å². The van der Waals surface area contributed by atoms with Crippen LogP contribution in [0.15, 0.2) is 29.1 Å².